The number of hydrogen-bond donors (Lipinski definition) is 2. The smallest absolute Gasteiger partial charge is 0.338 e. The average Bonchev–Trinajstić information content (AvgIpc) is 2.75. The molecule has 0 unspecified atom stereocenters. The summed E-state index contributed by atoms with van der Waals surface area (Å²) in [5.74, 6) is -1.16. The molecular weight excluding hydrogens is 248 g/mol. The van der Waals surface area contributed by atoms with Crippen molar-refractivity contribution in [2.75, 3.05) is 5.32 Å². The summed E-state index contributed by atoms with van der Waals surface area (Å²) < 4.78 is 0. The molecule has 1 fully saturated rings. The highest BCUT2D eigenvalue weighted by Gasteiger charge is 2.32. The number of rotatable bonds is 4. The Bertz CT molecular complexity index is 489. The van der Waals surface area contributed by atoms with Crippen molar-refractivity contribution < 1.29 is 14.8 Å². The van der Waals surface area contributed by atoms with Crippen LogP contribution in [-0.4, -0.2) is 21.5 Å². The molecule has 0 aromatic heterocycles. The molecule has 1 aromatic carbocycles. The maximum atomic E-state index is 11.2. The number of hydrogen-bond acceptors (Lipinski definition) is 4. The molecule has 1 aromatic rings. The lowest BCUT2D eigenvalue weighted by Gasteiger charge is -2.27. The van der Waals surface area contributed by atoms with Gasteiger partial charge in [0.05, 0.1) is 10.5 Å². The largest absolute Gasteiger partial charge is 0.478 e. The molecule has 0 radical (unpaired) electrons. The first-order valence-corrected chi connectivity index (χ1v) is 6.22. The molecule has 102 valence electrons. The van der Waals surface area contributed by atoms with Gasteiger partial charge in [-0.1, -0.05) is 18.9 Å². The third-order valence-electron chi connectivity index (χ3n) is 3.60. The van der Waals surface area contributed by atoms with Gasteiger partial charge in [0.25, 0.3) is 5.69 Å². The standard InChI is InChI=1S/C13H16N2O4/c1-13(7-2-3-8-13)14-11-9(12(16)17)5-4-6-10(11)15(18)19/h4-6,14H,2-3,7-8H2,1H3,(H,16,17). The van der Waals surface area contributed by atoms with Crippen molar-refractivity contribution in [3.8, 4) is 0 Å². The van der Waals surface area contributed by atoms with E-state index in [-0.39, 0.29) is 22.5 Å². The van der Waals surface area contributed by atoms with Crippen LogP contribution in [0.4, 0.5) is 11.4 Å². The number of aromatic carboxylic acids is 1. The van der Waals surface area contributed by atoms with E-state index in [2.05, 4.69) is 5.32 Å². The van der Waals surface area contributed by atoms with Gasteiger partial charge in [0.15, 0.2) is 0 Å². The first-order valence-electron chi connectivity index (χ1n) is 6.22. The SMILES string of the molecule is CC1(Nc2c(C(=O)O)cccc2[N+](=O)[O-])CCCC1. The topological polar surface area (TPSA) is 92.5 Å². The summed E-state index contributed by atoms with van der Waals surface area (Å²) in [6.07, 6.45) is 3.87. The Morgan fingerprint density at radius 1 is 1.42 bits per heavy atom. The van der Waals surface area contributed by atoms with Crippen molar-refractivity contribution in [3.05, 3.63) is 33.9 Å². The van der Waals surface area contributed by atoms with E-state index in [1.807, 2.05) is 6.92 Å². The number of carboxylic acids is 1. The van der Waals surface area contributed by atoms with E-state index in [0.717, 1.165) is 25.7 Å². The van der Waals surface area contributed by atoms with Gasteiger partial charge in [0.1, 0.15) is 5.69 Å². The first kappa shape index (κ1) is 13.3. The molecule has 19 heavy (non-hydrogen) atoms. The lowest BCUT2D eigenvalue weighted by molar-refractivity contribution is -0.384. The van der Waals surface area contributed by atoms with Crippen LogP contribution in [0.1, 0.15) is 43.0 Å². The zero-order chi connectivity index (χ0) is 14.0. The summed E-state index contributed by atoms with van der Waals surface area (Å²) in [5, 5.41) is 23.3. The van der Waals surface area contributed by atoms with Gasteiger partial charge >= 0.3 is 5.97 Å². The molecule has 1 saturated carbocycles. The van der Waals surface area contributed by atoms with Crippen LogP contribution in [-0.2, 0) is 0 Å². The van der Waals surface area contributed by atoms with Crippen LogP contribution in [0.5, 0.6) is 0 Å². The van der Waals surface area contributed by atoms with E-state index >= 15 is 0 Å². The van der Waals surface area contributed by atoms with Gasteiger partial charge in [-0.3, -0.25) is 10.1 Å². The predicted octanol–water partition coefficient (Wildman–Crippen LogP) is 3.04. The second-order valence-corrected chi connectivity index (χ2v) is 5.15. The number of anilines is 1. The van der Waals surface area contributed by atoms with Crippen LogP contribution in [0, 0.1) is 10.1 Å². The fraction of sp³-hybridized carbons (Fsp3) is 0.462. The first-order chi connectivity index (χ1) is 8.93. The zero-order valence-corrected chi connectivity index (χ0v) is 10.7. The quantitative estimate of drug-likeness (QED) is 0.644. The van der Waals surface area contributed by atoms with Crippen LogP contribution in [0.2, 0.25) is 0 Å². The Labute approximate surface area is 110 Å². The molecule has 0 spiro atoms. The fourth-order valence-electron chi connectivity index (χ4n) is 2.58. The number of para-hydroxylation sites is 1. The predicted molar refractivity (Wildman–Crippen MR) is 70.6 cm³/mol. The van der Waals surface area contributed by atoms with Crippen molar-refractivity contribution >= 4 is 17.3 Å². The highest BCUT2D eigenvalue weighted by atomic mass is 16.6. The molecule has 1 aliphatic carbocycles. The number of carboxylic acid groups (broad SMARTS) is 1. The van der Waals surface area contributed by atoms with Crippen LogP contribution < -0.4 is 5.32 Å². The number of nitro benzene ring substituents is 1. The van der Waals surface area contributed by atoms with Crippen LogP contribution in [0.3, 0.4) is 0 Å². The second-order valence-electron chi connectivity index (χ2n) is 5.15. The van der Waals surface area contributed by atoms with Gasteiger partial charge in [-0.05, 0) is 25.8 Å². The van der Waals surface area contributed by atoms with E-state index in [4.69, 9.17) is 5.11 Å². The number of nitrogens with zero attached hydrogens (tertiary/aromatic N) is 1. The molecule has 0 bridgehead atoms. The number of carbonyl (C=O) groups is 1. The van der Waals surface area contributed by atoms with Crippen molar-refractivity contribution in [2.45, 2.75) is 38.1 Å². The number of nitrogens with one attached hydrogen (secondary N) is 1. The van der Waals surface area contributed by atoms with E-state index in [0.29, 0.717) is 0 Å². The zero-order valence-electron chi connectivity index (χ0n) is 10.7. The molecule has 0 heterocycles. The number of benzene rings is 1. The molecule has 6 heteroatoms. The van der Waals surface area contributed by atoms with E-state index in [9.17, 15) is 14.9 Å². The van der Waals surface area contributed by atoms with Crippen molar-refractivity contribution in [1.29, 1.82) is 0 Å². The number of nitro groups is 1. The normalized spacial score (nSPS) is 17.1. The monoisotopic (exact) mass is 264 g/mol. The molecular formula is C13H16N2O4. The Balaban J connectivity index is 2.46. The second kappa shape index (κ2) is 4.87. The summed E-state index contributed by atoms with van der Waals surface area (Å²) in [6, 6.07) is 4.10. The van der Waals surface area contributed by atoms with Gasteiger partial charge in [-0.25, -0.2) is 4.79 Å². The summed E-state index contributed by atoms with van der Waals surface area (Å²) in [7, 11) is 0. The van der Waals surface area contributed by atoms with Gasteiger partial charge in [-0.2, -0.15) is 0 Å². The Morgan fingerprint density at radius 2 is 2.05 bits per heavy atom. The molecule has 0 aliphatic heterocycles. The van der Waals surface area contributed by atoms with E-state index in [1.165, 1.54) is 18.2 Å². The molecule has 0 amide bonds. The maximum Gasteiger partial charge on any atom is 0.338 e. The maximum absolute atomic E-state index is 11.2. The van der Waals surface area contributed by atoms with Crippen LogP contribution >= 0.6 is 0 Å². The van der Waals surface area contributed by atoms with Crippen LogP contribution in [0.25, 0.3) is 0 Å². The van der Waals surface area contributed by atoms with Gasteiger partial charge < -0.3 is 10.4 Å². The summed E-state index contributed by atoms with van der Waals surface area (Å²) >= 11 is 0. The minimum atomic E-state index is -1.16. The average molecular weight is 264 g/mol. The Morgan fingerprint density at radius 3 is 2.58 bits per heavy atom. The fourth-order valence-corrected chi connectivity index (χ4v) is 2.58. The van der Waals surface area contributed by atoms with Gasteiger partial charge in [0, 0.05) is 11.6 Å². The third kappa shape index (κ3) is 2.67. The van der Waals surface area contributed by atoms with Gasteiger partial charge in [0.2, 0.25) is 0 Å². The van der Waals surface area contributed by atoms with E-state index in [1.54, 1.807) is 0 Å². The summed E-state index contributed by atoms with van der Waals surface area (Å²) in [6.45, 7) is 1.97. The van der Waals surface area contributed by atoms with Crippen LogP contribution in [0.15, 0.2) is 18.2 Å². The van der Waals surface area contributed by atoms with Crippen molar-refractivity contribution in [2.24, 2.45) is 0 Å². The lowest BCUT2D eigenvalue weighted by atomic mass is 9.98. The molecule has 2 N–H and O–H groups in total. The summed E-state index contributed by atoms with van der Waals surface area (Å²) in [5.41, 5.74) is -0.393. The van der Waals surface area contributed by atoms with Crippen molar-refractivity contribution in [3.63, 3.8) is 0 Å². The molecule has 0 saturated heterocycles. The molecule has 6 nitrogen and oxygen atoms in total. The van der Waals surface area contributed by atoms with E-state index < -0.39 is 10.9 Å². The molecule has 0 atom stereocenters. The Kier molecular flexibility index (Phi) is 3.42. The van der Waals surface area contributed by atoms with Crippen molar-refractivity contribution in [1.82, 2.24) is 0 Å². The minimum absolute atomic E-state index is 0.0534. The molecule has 2 rings (SSSR count). The highest BCUT2D eigenvalue weighted by molar-refractivity contribution is 5.97. The minimum Gasteiger partial charge on any atom is -0.478 e. The highest BCUT2D eigenvalue weighted by Crippen LogP contribution is 2.37. The van der Waals surface area contributed by atoms with Gasteiger partial charge in [-0.15, -0.1) is 0 Å². The lowest BCUT2D eigenvalue weighted by Crippen LogP contribution is -2.32. The summed E-state index contributed by atoms with van der Waals surface area (Å²) in [4.78, 5) is 21.7. The molecule has 1 aliphatic rings. The Hall–Kier alpha value is -2.11. The third-order valence-corrected chi connectivity index (χ3v) is 3.60.